The van der Waals surface area contributed by atoms with E-state index in [1.54, 1.807) is 0 Å². The molecule has 1 aliphatic heterocycles. The van der Waals surface area contributed by atoms with Gasteiger partial charge in [-0.15, -0.1) is 0 Å². The summed E-state index contributed by atoms with van der Waals surface area (Å²) in [5.41, 5.74) is 1.53. The number of rotatable bonds is 5. The van der Waals surface area contributed by atoms with Crippen LogP contribution in [0.5, 0.6) is 0 Å². The molecule has 0 aliphatic carbocycles. The second kappa shape index (κ2) is 7.28. The Balaban J connectivity index is 2.42. The number of allylic oxidation sites excluding steroid dienone is 2. The first-order chi connectivity index (χ1) is 9.73. The Morgan fingerprint density at radius 3 is 2.45 bits per heavy atom. The van der Waals surface area contributed by atoms with Gasteiger partial charge in [-0.05, 0) is 49.8 Å². The standard InChI is InChI=1S/C18H25ClO/c1-3-11-18(12-4-2,16-9-13-20-14-10-16)15-5-7-17(19)8-6-15/h3,5-8,11,16H,4,9-10,12-14H2,1-2H3. The van der Waals surface area contributed by atoms with Crippen LogP contribution in [0.25, 0.3) is 0 Å². The van der Waals surface area contributed by atoms with Gasteiger partial charge in [0.25, 0.3) is 0 Å². The highest BCUT2D eigenvalue weighted by molar-refractivity contribution is 6.30. The summed E-state index contributed by atoms with van der Waals surface area (Å²) in [4.78, 5) is 0. The first kappa shape index (κ1) is 15.6. The Labute approximate surface area is 128 Å². The van der Waals surface area contributed by atoms with E-state index >= 15 is 0 Å². The lowest BCUT2D eigenvalue weighted by Crippen LogP contribution is -2.37. The maximum atomic E-state index is 6.06. The summed E-state index contributed by atoms with van der Waals surface area (Å²) in [6.45, 7) is 6.18. The predicted molar refractivity (Wildman–Crippen MR) is 86.4 cm³/mol. The van der Waals surface area contributed by atoms with Gasteiger partial charge in [-0.1, -0.05) is 49.2 Å². The van der Waals surface area contributed by atoms with E-state index in [1.165, 1.54) is 18.4 Å². The third kappa shape index (κ3) is 3.27. The summed E-state index contributed by atoms with van der Waals surface area (Å²) in [5, 5.41) is 0.812. The van der Waals surface area contributed by atoms with Crippen molar-refractivity contribution in [3.63, 3.8) is 0 Å². The fourth-order valence-corrected chi connectivity index (χ4v) is 3.71. The SMILES string of the molecule is CC=CC(CCC)(c1ccc(Cl)cc1)C1CCOCC1. The van der Waals surface area contributed by atoms with E-state index in [9.17, 15) is 0 Å². The molecule has 2 rings (SSSR count). The maximum Gasteiger partial charge on any atom is 0.0469 e. The van der Waals surface area contributed by atoms with E-state index in [1.807, 2.05) is 12.1 Å². The molecular weight excluding hydrogens is 268 g/mol. The molecule has 2 heteroatoms. The molecule has 1 nitrogen and oxygen atoms in total. The van der Waals surface area contributed by atoms with Crippen molar-refractivity contribution in [3.8, 4) is 0 Å². The lowest BCUT2D eigenvalue weighted by molar-refractivity contribution is 0.0439. The molecule has 1 aliphatic rings. The van der Waals surface area contributed by atoms with Gasteiger partial charge in [0.2, 0.25) is 0 Å². The van der Waals surface area contributed by atoms with Crippen molar-refractivity contribution in [3.05, 3.63) is 47.0 Å². The molecule has 1 aromatic rings. The third-order valence-electron chi connectivity index (χ3n) is 4.46. The monoisotopic (exact) mass is 292 g/mol. The van der Waals surface area contributed by atoms with E-state index in [4.69, 9.17) is 16.3 Å². The van der Waals surface area contributed by atoms with Crippen LogP contribution in [0.1, 0.15) is 45.1 Å². The maximum absolute atomic E-state index is 6.06. The molecule has 0 amide bonds. The van der Waals surface area contributed by atoms with Crippen LogP contribution < -0.4 is 0 Å². The Morgan fingerprint density at radius 1 is 1.25 bits per heavy atom. The van der Waals surface area contributed by atoms with Crippen LogP contribution in [0.15, 0.2) is 36.4 Å². The van der Waals surface area contributed by atoms with Gasteiger partial charge in [-0.3, -0.25) is 0 Å². The molecule has 1 fully saturated rings. The number of ether oxygens (including phenoxy) is 1. The summed E-state index contributed by atoms with van der Waals surface area (Å²) in [6.07, 6.45) is 9.28. The highest BCUT2D eigenvalue weighted by atomic mass is 35.5. The van der Waals surface area contributed by atoms with Gasteiger partial charge >= 0.3 is 0 Å². The zero-order chi connectivity index (χ0) is 14.4. The van der Waals surface area contributed by atoms with E-state index in [-0.39, 0.29) is 5.41 Å². The summed E-state index contributed by atoms with van der Waals surface area (Å²) in [6, 6.07) is 8.44. The summed E-state index contributed by atoms with van der Waals surface area (Å²) in [5.74, 6) is 0.661. The van der Waals surface area contributed by atoms with Crippen molar-refractivity contribution in [2.45, 2.75) is 44.9 Å². The van der Waals surface area contributed by atoms with Crippen LogP contribution in [0, 0.1) is 5.92 Å². The number of hydrogen-bond donors (Lipinski definition) is 0. The lowest BCUT2D eigenvalue weighted by Gasteiger charge is -2.41. The largest absolute Gasteiger partial charge is 0.381 e. The van der Waals surface area contributed by atoms with Gasteiger partial charge in [0.05, 0.1) is 0 Å². The Bertz CT molecular complexity index is 431. The molecule has 0 radical (unpaired) electrons. The molecule has 20 heavy (non-hydrogen) atoms. The highest BCUT2D eigenvalue weighted by Crippen LogP contribution is 2.43. The average molecular weight is 293 g/mol. The molecule has 110 valence electrons. The summed E-state index contributed by atoms with van der Waals surface area (Å²) < 4.78 is 5.56. The molecule has 1 atom stereocenters. The molecule has 0 saturated carbocycles. The zero-order valence-electron chi connectivity index (χ0n) is 12.6. The lowest BCUT2D eigenvalue weighted by atomic mass is 9.64. The van der Waals surface area contributed by atoms with Crippen molar-refractivity contribution >= 4 is 11.6 Å². The van der Waals surface area contributed by atoms with Crippen molar-refractivity contribution in [2.75, 3.05) is 13.2 Å². The molecule has 0 aromatic heterocycles. The second-order valence-corrected chi connectivity index (χ2v) is 6.12. The Morgan fingerprint density at radius 2 is 1.90 bits per heavy atom. The molecule has 0 spiro atoms. The third-order valence-corrected chi connectivity index (χ3v) is 4.71. The average Bonchev–Trinajstić information content (AvgIpc) is 2.48. The molecule has 1 aromatic carbocycles. The molecule has 1 saturated heterocycles. The highest BCUT2D eigenvalue weighted by Gasteiger charge is 2.37. The topological polar surface area (TPSA) is 9.23 Å². The fourth-order valence-electron chi connectivity index (χ4n) is 3.58. The minimum absolute atomic E-state index is 0.137. The smallest absolute Gasteiger partial charge is 0.0469 e. The number of benzene rings is 1. The van der Waals surface area contributed by atoms with Crippen LogP contribution in [0.2, 0.25) is 5.02 Å². The number of halogens is 1. The van der Waals surface area contributed by atoms with Crippen molar-refractivity contribution in [1.82, 2.24) is 0 Å². The quantitative estimate of drug-likeness (QED) is 0.662. The van der Waals surface area contributed by atoms with Crippen molar-refractivity contribution in [1.29, 1.82) is 0 Å². The fraction of sp³-hybridized carbons (Fsp3) is 0.556. The first-order valence-corrected chi connectivity index (χ1v) is 8.08. The van der Waals surface area contributed by atoms with Crippen LogP contribution >= 0.6 is 11.6 Å². The molecule has 1 unspecified atom stereocenters. The first-order valence-electron chi connectivity index (χ1n) is 7.70. The van der Waals surface area contributed by atoms with Gasteiger partial charge < -0.3 is 4.74 Å². The molecule has 0 bridgehead atoms. The van der Waals surface area contributed by atoms with E-state index in [0.29, 0.717) is 5.92 Å². The van der Waals surface area contributed by atoms with Gasteiger partial charge in [0.1, 0.15) is 0 Å². The Kier molecular flexibility index (Phi) is 5.68. The van der Waals surface area contributed by atoms with Gasteiger partial charge in [-0.25, -0.2) is 0 Å². The summed E-state index contributed by atoms with van der Waals surface area (Å²) in [7, 11) is 0. The van der Waals surface area contributed by atoms with E-state index in [2.05, 4.69) is 38.1 Å². The van der Waals surface area contributed by atoms with Crippen molar-refractivity contribution < 1.29 is 4.74 Å². The minimum atomic E-state index is 0.137. The minimum Gasteiger partial charge on any atom is -0.381 e. The van der Waals surface area contributed by atoms with Gasteiger partial charge in [0, 0.05) is 23.7 Å². The van der Waals surface area contributed by atoms with Crippen LogP contribution in [-0.2, 0) is 10.2 Å². The van der Waals surface area contributed by atoms with Gasteiger partial charge in [0.15, 0.2) is 0 Å². The normalized spacial score (nSPS) is 20.1. The zero-order valence-corrected chi connectivity index (χ0v) is 13.3. The number of hydrogen-bond acceptors (Lipinski definition) is 1. The molecule has 1 heterocycles. The van der Waals surface area contributed by atoms with Crippen LogP contribution in [0.3, 0.4) is 0 Å². The van der Waals surface area contributed by atoms with E-state index < -0.39 is 0 Å². The predicted octanol–water partition coefficient (Wildman–Crippen LogP) is 5.38. The van der Waals surface area contributed by atoms with Gasteiger partial charge in [-0.2, -0.15) is 0 Å². The van der Waals surface area contributed by atoms with E-state index in [0.717, 1.165) is 31.1 Å². The Hall–Kier alpha value is -0.790. The molecule has 0 N–H and O–H groups in total. The van der Waals surface area contributed by atoms with Crippen LogP contribution in [0.4, 0.5) is 0 Å². The second-order valence-electron chi connectivity index (χ2n) is 5.68. The van der Waals surface area contributed by atoms with Crippen LogP contribution in [-0.4, -0.2) is 13.2 Å². The molecular formula is C18H25ClO. The summed E-state index contributed by atoms with van der Waals surface area (Å²) >= 11 is 6.06. The van der Waals surface area contributed by atoms with Crippen molar-refractivity contribution in [2.24, 2.45) is 5.92 Å².